The standard InChI is InChI=1S/C21H21NO4S/c23-20-16-9-5-6-10-18(16)27(25,26)19-13-14(11-12-17(19)20)21(24)22-15-7-3-1-2-4-8-15/h5-6,9-13,15H,1-4,7-8H2,(H,22,24). The monoisotopic (exact) mass is 383 g/mol. The first kappa shape index (κ1) is 17.9. The van der Waals surface area contributed by atoms with E-state index in [4.69, 9.17) is 0 Å². The van der Waals surface area contributed by atoms with Gasteiger partial charge in [-0.15, -0.1) is 0 Å². The molecule has 2 aliphatic rings. The Balaban J connectivity index is 1.68. The van der Waals surface area contributed by atoms with Crippen molar-refractivity contribution in [3.8, 4) is 0 Å². The number of rotatable bonds is 2. The molecule has 27 heavy (non-hydrogen) atoms. The Morgan fingerprint density at radius 3 is 2.30 bits per heavy atom. The topological polar surface area (TPSA) is 80.3 Å². The quantitative estimate of drug-likeness (QED) is 0.687. The van der Waals surface area contributed by atoms with Gasteiger partial charge in [-0.25, -0.2) is 8.42 Å². The van der Waals surface area contributed by atoms with Gasteiger partial charge in [0.15, 0.2) is 5.78 Å². The first-order chi connectivity index (χ1) is 13.0. The lowest BCUT2D eigenvalue weighted by molar-refractivity contribution is 0.0931. The van der Waals surface area contributed by atoms with Crippen molar-refractivity contribution < 1.29 is 18.0 Å². The van der Waals surface area contributed by atoms with E-state index >= 15 is 0 Å². The minimum absolute atomic E-state index is 0.00354. The zero-order chi connectivity index (χ0) is 19.0. The number of nitrogens with one attached hydrogen (secondary N) is 1. The summed E-state index contributed by atoms with van der Waals surface area (Å²) in [5.41, 5.74) is 0.578. The van der Waals surface area contributed by atoms with E-state index in [0.717, 1.165) is 25.7 Å². The zero-order valence-electron chi connectivity index (χ0n) is 14.9. The summed E-state index contributed by atoms with van der Waals surface area (Å²) in [6.07, 6.45) is 6.45. The maximum atomic E-state index is 13.0. The minimum Gasteiger partial charge on any atom is -0.349 e. The van der Waals surface area contributed by atoms with Crippen LogP contribution in [0.25, 0.3) is 0 Å². The van der Waals surface area contributed by atoms with Gasteiger partial charge in [-0.1, -0.05) is 37.8 Å². The molecule has 0 bridgehead atoms. The highest BCUT2D eigenvalue weighted by Crippen LogP contribution is 2.34. The molecule has 2 aromatic rings. The fourth-order valence-electron chi connectivity index (χ4n) is 3.92. The molecule has 0 saturated heterocycles. The average molecular weight is 383 g/mol. The van der Waals surface area contributed by atoms with Crippen LogP contribution < -0.4 is 5.32 Å². The number of benzene rings is 2. The molecule has 0 radical (unpaired) electrons. The molecule has 0 spiro atoms. The molecule has 0 unspecified atom stereocenters. The molecule has 140 valence electrons. The predicted octanol–water partition coefficient (Wildman–Crippen LogP) is 3.52. The summed E-state index contributed by atoms with van der Waals surface area (Å²) in [6, 6.07) is 10.6. The van der Waals surface area contributed by atoms with Gasteiger partial charge in [0, 0.05) is 22.7 Å². The van der Waals surface area contributed by atoms with Crippen LogP contribution in [0.1, 0.15) is 64.8 Å². The largest absolute Gasteiger partial charge is 0.349 e. The minimum atomic E-state index is -3.83. The Morgan fingerprint density at radius 1 is 0.889 bits per heavy atom. The second-order valence-corrected chi connectivity index (χ2v) is 9.09. The van der Waals surface area contributed by atoms with Crippen molar-refractivity contribution in [3.05, 3.63) is 59.2 Å². The van der Waals surface area contributed by atoms with Gasteiger partial charge in [-0.2, -0.15) is 0 Å². The third-order valence-electron chi connectivity index (χ3n) is 5.39. The normalized spacial score (nSPS) is 18.9. The van der Waals surface area contributed by atoms with Gasteiger partial charge in [-0.05, 0) is 43.2 Å². The molecule has 1 heterocycles. The van der Waals surface area contributed by atoms with Crippen molar-refractivity contribution >= 4 is 21.5 Å². The number of hydrogen-bond donors (Lipinski definition) is 1. The number of hydrogen-bond acceptors (Lipinski definition) is 4. The molecule has 2 aromatic carbocycles. The summed E-state index contributed by atoms with van der Waals surface area (Å²) >= 11 is 0. The molecule has 5 nitrogen and oxygen atoms in total. The van der Waals surface area contributed by atoms with Crippen molar-refractivity contribution in [3.63, 3.8) is 0 Å². The Kier molecular flexibility index (Phi) is 4.60. The molecule has 1 amide bonds. The van der Waals surface area contributed by atoms with E-state index in [9.17, 15) is 18.0 Å². The zero-order valence-corrected chi connectivity index (χ0v) is 15.7. The van der Waals surface area contributed by atoms with Crippen LogP contribution in [0.4, 0.5) is 0 Å². The van der Waals surface area contributed by atoms with Gasteiger partial charge < -0.3 is 5.32 Å². The van der Waals surface area contributed by atoms with E-state index in [-0.39, 0.29) is 44.2 Å². The molecular formula is C21H21NO4S. The van der Waals surface area contributed by atoms with E-state index in [2.05, 4.69) is 5.32 Å². The second kappa shape index (κ2) is 6.93. The first-order valence-corrected chi connectivity index (χ1v) is 10.8. The van der Waals surface area contributed by atoms with Crippen LogP contribution in [0, 0.1) is 0 Å². The average Bonchev–Trinajstić information content (AvgIpc) is 2.95. The molecule has 1 aliphatic carbocycles. The third kappa shape index (κ3) is 3.18. The molecule has 0 atom stereocenters. The van der Waals surface area contributed by atoms with Crippen LogP contribution in [-0.4, -0.2) is 26.2 Å². The number of carbonyl (C=O) groups is 2. The van der Waals surface area contributed by atoms with E-state index < -0.39 is 9.84 Å². The van der Waals surface area contributed by atoms with Crippen molar-refractivity contribution in [1.29, 1.82) is 0 Å². The lowest BCUT2D eigenvalue weighted by atomic mass is 10.0. The molecule has 0 aromatic heterocycles. The van der Waals surface area contributed by atoms with Crippen molar-refractivity contribution in [2.45, 2.75) is 54.4 Å². The molecule has 1 aliphatic heterocycles. The third-order valence-corrected chi connectivity index (χ3v) is 7.24. The highest BCUT2D eigenvalue weighted by Gasteiger charge is 2.35. The Morgan fingerprint density at radius 2 is 1.56 bits per heavy atom. The van der Waals surface area contributed by atoms with Gasteiger partial charge in [0.1, 0.15) is 0 Å². The first-order valence-electron chi connectivity index (χ1n) is 9.32. The molecular weight excluding hydrogens is 362 g/mol. The predicted molar refractivity (Wildman–Crippen MR) is 101 cm³/mol. The summed E-state index contributed by atoms with van der Waals surface area (Å²) < 4.78 is 25.9. The van der Waals surface area contributed by atoms with Crippen molar-refractivity contribution in [2.75, 3.05) is 0 Å². The van der Waals surface area contributed by atoms with Crippen LogP contribution in [-0.2, 0) is 9.84 Å². The number of sulfone groups is 1. The van der Waals surface area contributed by atoms with Crippen LogP contribution in [0.5, 0.6) is 0 Å². The summed E-state index contributed by atoms with van der Waals surface area (Å²) in [7, 11) is -3.83. The highest BCUT2D eigenvalue weighted by atomic mass is 32.2. The van der Waals surface area contributed by atoms with E-state index in [1.165, 1.54) is 43.2 Å². The number of fused-ring (bicyclic) bond motifs is 2. The van der Waals surface area contributed by atoms with E-state index in [0.29, 0.717) is 0 Å². The van der Waals surface area contributed by atoms with Gasteiger partial charge in [0.05, 0.1) is 9.79 Å². The maximum Gasteiger partial charge on any atom is 0.251 e. The van der Waals surface area contributed by atoms with Gasteiger partial charge >= 0.3 is 0 Å². The van der Waals surface area contributed by atoms with Gasteiger partial charge in [0.25, 0.3) is 5.91 Å². The summed E-state index contributed by atoms with van der Waals surface area (Å²) in [5, 5.41) is 3.02. The maximum absolute atomic E-state index is 13.0. The lowest BCUT2D eigenvalue weighted by Crippen LogP contribution is -2.34. The van der Waals surface area contributed by atoms with E-state index in [1.807, 2.05) is 0 Å². The lowest BCUT2D eigenvalue weighted by Gasteiger charge is -2.20. The fourth-order valence-corrected chi connectivity index (χ4v) is 5.60. The Labute approximate surface area is 158 Å². The second-order valence-electron chi connectivity index (χ2n) is 7.20. The fraction of sp³-hybridized carbons (Fsp3) is 0.333. The molecule has 4 rings (SSSR count). The van der Waals surface area contributed by atoms with Gasteiger partial charge in [0.2, 0.25) is 9.84 Å². The van der Waals surface area contributed by atoms with Gasteiger partial charge in [-0.3, -0.25) is 9.59 Å². The SMILES string of the molecule is O=C(NC1CCCCCC1)c1ccc2c(c1)S(=O)(=O)c1ccccc1C2=O. The molecule has 1 saturated carbocycles. The number of carbonyl (C=O) groups excluding carboxylic acids is 2. The van der Waals surface area contributed by atoms with Crippen LogP contribution >= 0.6 is 0 Å². The summed E-state index contributed by atoms with van der Waals surface area (Å²) in [5.74, 6) is -0.614. The molecule has 1 N–H and O–H groups in total. The summed E-state index contributed by atoms with van der Waals surface area (Å²) in [6.45, 7) is 0. The number of ketones is 1. The van der Waals surface area contributed by atoms with Crippen LogP contribution in [0.15, 0.2) is 52.3 Å². The summed E-state index contributed by atoms with van der Waals surface area (Å²) in [4.78, 5) is 25.2. The van der Waals surface area contributed by atoms with Crippen LogP contribution in [0.2, 0.25) is 0 Å². The highest BCUT2D eigenvalue weighted by molar-refractivity contribution is 7.91. The number of amides is 1. The van der Waals surface area contributed by atoms with Crippen LogP contribution in [0.3, 0.4) is 0 Å². The van der Waals surface area contributed by atoms with E-state index in [1.54, 1.807) is 12.1 Å². The molecule has 1 fully saturated rings. The Bertz CT molecular complexity index is 1020. The smallest absolute Gasteiger partial charge is 0.251 e. The van der Waals surface area contributed by atoms with Crippen molar-refractivity contribution in [1.82, 2.24) is 5.32 Å². The Hall–Kier alpha value is -2.47. The van der Waals surface area contributed by atoms with Crippen molar-refractivity contribution in [2.24, 2.45) is 0 Å². The molecule has 6 heteroatoms.